The highest BCUT2D eigenvalue weighted by molar-refractivity contribution is 5.80. The minimum Gasteiger partial charge on any atom is -0.496 e. The summed E-state index contributed by atoms with van der Waals surface area (Å²) in [6.07, 6.45) is 4.28. The third kappa shape index (κ3) is 4.94. The number of rotatable bonds is 7. The van der Waals surface area contributed by atoms with Crippen LogP contribution in [0.5, 0.6) is 5.75 Å². The molecule has 1 aliphatic carbocycles. The highest BCUT2D eigenvalue weighted by Crippen LogP contribution is 2.26. The first-order valence-corrected chi connectivity index (χ1v) is 8.41. The third-order valence-electron chi connectivity index (χ3n) is 4.41. The van der Waals surface area contributed by atoms with Gasteiger partial charge in [0.15, 0.2) is 0 Å². The van der Waals surface area contributed by atoms with Crippen molar-refractivity contribution in [3.8, 4) is 5.75 Å². The molecule has 24 heavy (non-hydrogen) atoms. The van der Waals surface area contributed by atoms with E-state index < -0.39 is 0 Å². The molecule has 132 valence electrons. The van der Waals surface area contributed by atoms with E-state index in [1.165, 1.54) is 25.3 Å². The van der Waals surface area contributed by atoms with Gasteiger partial charge in [-0.1, -0.05) is 12.8 Å². The van der Waals surface area contributed by atoms with Gasteiger partial charge in [0.05, 0.1) is 13.2 Å². The zero-order chi connectivity index (χ0) is 17.5. The van der Waals surface area contributed by atoms with Crippen LogP contribution in [0.3, 0.4) is 0 Å². The Balaban J connectivity index is 1.79. The van der Waals surface area contributed by atoms with Gasteiger partial charge in [0.2, 0.25) is 11.8 Å². The summed E-state index contributed by atoms with van der Waals surface area (Å²) in [5.74, 6) is 0.0960. The molecule has 1 fully saturated rings. The Hall–Kier alpha value is -2.11. The Labute approximate surface area is 142 Å². The molecule has 0 aliphatic heterocycles. The van der Waals surface area contributed by atoms with Crippen LogP contribution in [0.2, 0.25) is 0 Å². The van der Waals surface area contributed by atoms with E-state index in [4.69, 9.17) is 4.74 Å². The second kappa shape index (κ2) is 8.66. The Morgan fingerprint density at radius 2 is 2.04 bits per heavy atom. The second-order valence-corrected chi connectivity index (χ2v) is 6.20. The summed E-state index contributed by atoms with van der Waals surface area (Å²) in [5.41, 5.74) is 0.584. The number of hydrogen-bond acceptors (Lipinski definition) is 3. The summed E-state index contributed by atoms with van der Waals surface area (Å²) in [5, 5.41) is 5.62. The fourth-order valence-corrected chi connectivity index (χ4v) is 3.07. The molecule has 2 N–H and O–H groups in total. The molecule has 0 radical (unpaired) electrons. The Morgan fingerprint density at radius 3 is 2.71 bits per heavy atom. The molecule has 5 nitrogen and oxygen atoms in total. The molecule has 1 aromatic rings. The number of hydrogen-bond donors (Lipinski definition) is 2. The van der Waals surface area contributed by atoms with Crippen molar-refractivity contribution in [1.29, 1.82) is 0 Å². The van der Waals surface area contributed by atoms with Crippen molar-refractivity contribution in [2.75, 3.05) is 13.7 Å². The number of carbonyl (C=O) groups excluding carboxylic acids is 2. The molecule has 0 heterocycles. The Kier molecular flexibility index (Phi) is 6.58. The van der Waals surface area contributed by atoms with Gasteiger partial charge in [0.25, 0.3) is 0 Å². The van der Waals surface area contributed by atoms with E-state index in [1.807, 2.05) is 0 Å². The molecule has 2 rings (SSSR count). The number of methoxy groups -OCH3 is 1. The first kappa shape index (κ1) is 18.2. The lowest BCUT2D eigenvalue weighted by molar-refractivity contribution is -0.125. The largest absolute Gasteiger partial charge is 0.496 e. The monoisotopic (exact) mass is 336 g/mol. The molecule has 0 unspecified atom stereocenters. The average molecular weight is 336 g/mol. The van der Waals surface area contributed by atoms with E-state index >= 15 is 0 Å². The summed E-state index contributed by atoms with van der Waals surface area (Å²) < 4.78 is 18.6. The third-order valence-corrected chi connectivity index (χ3v) is 4.41. The van der Waals surface area contributed by atoms with Gasteiger partial charge in [0, 0.05) is 24.4 Å². The molecule has 1 aliphatic rings. The minimum absolute atomic E-state index is 0.0418. The van der Waals surface area contributed by atoms with Crippen LogP contribution in [-0.4, -0.2) is 25.5 Å². The number of carbonyl (C=O) groups is 2. The van der Waals surface area contributed by atoms with Gasteiger partial charge >= 0.3 is 0 Å². The molecular weight excluding hydrogens is 311 g/mol. The summed E-state index contributed by atoms with van der Waals surface area (Å²) >= 11 is 0. The van der Waals surface area contributed by atoms with Gasteiger partial charge in [0.1, 0.15) is 11.6 Å². The normalized spacial score (nSPS) is 15.8. The summed E-state index contributed by atoms with van der Waals surface area (Å²) in [7, 11) is 1.50. The van der Waals surface area contributed by atoms with Gasteiger partial charge in [-0.15, -0.1) is 0 Å². The maximum atomic E-state index is 13.4. The van der Waals surface area contributed by atoms with Crippen molar-refractivity contribution >= 4 is 11.8 Å². The molecule has 0 saturated heterocycles. The highest BCUT2D eigenvalue weighted by Gasteiger charge is 2.22. The Bertz CT molecular complexity index is 586. The molecule has 0 bridgehead atoms. The fraction of sp³-hybridized carbons (Fsp3) is 0.556. The van der Waals surface area contributed by atoms with E-state index in [1.54, 1.807) is 6.92 Å². The van der Waals surface area contributed by atoms with Crippen LogP contribution in [0.25, 0.3) is 0 Å². The van der Waals surface area contributed by atoms with E-state index in [9.17, 15) is 14.0 Å². The SMILES string of the molecule is COc1ccc(F)cc1[C@H](C)NC(=O)CCNC(=O)C1CCCC1. The van der Waals surface area contributed by atoms with Gasteiger partial charge in [-0.05, 0) is 38.0 Å². The minimum atomic E-state index is -0.381. The van der Waals surface area contributed by atoms with E-state index in [2.05, 4.69) is 10.6 Å². The quantitative estimate of drug-likeness (QED) is 0.804. The van der Waals surface area contributed by atoms with Crippen LogP contribution >= 0.6 is 0 Å². The number of benzene rings is 1. The van der Waals surface area contributed by atoms with Crippen molar-refractivity contribution in [2.45, 2.75) is 45.1 Å². The molecule has 1 saturated carbocycles. The van der Waals surface area contributed by atoms with Gasteiger partial charge in [-0.3, -0.25) is 9.59 Å². The van der Waals surface area contributed by atoms with Crippen LogP contribution in [0, 0.1) is 11.7 Å². The predicted molar refractivity (Wildman–Crippen MR) is 89.1 cm³/mol. The van der Waals surface area contributed by atoms with Crippen LogP contribution in [-0.2, 0) is 9.59 Å². The first-order valence-electron chi connectivity index (χ1n) is 8.41. The summed E-state index contributed by atoms with van der Waals surface area (Å²) in [6.45, 7) is 2.08. The topological polar surface area (TPSA) is 67.4 Å². The number of halogens is 1. The van der Waals surface area contributed by atoms with Crippen molar-refractivity contribution in [3.05, 3.63) is 29.6 Å². The first-order chi connectivity index (χ1) is 11.5. The molecule has 1 atom stereocenters. The van der Waals surface area contributed by atoms with Crippen LogP contribution < -0.4 is 15.4 Å². The molecule has 2 amide bonds. The number of amides is 2. The molecular formula is C18H25FN2O3. The predicted octanol–water partition coefficient (Wildman–Crippen LogP) is 2.71. The van der Waals surface area contributed by atoms with Gasteiger partial charge < -0.3 is 15.4 Å². The molecule has 0 spiro atoms. The molecule has 0 aromatic heterocycles. The van der Waals surface area contributed by atoms with Crippen molar-refractivity contribution in [1.82, 2.24) is 10.6 Å². The highest BCUT2D eigenvalue weighted by atomic mass is 19.1. The lowest BCUT2D eigenvalue weighted by Crippen LogP contribution is -2.34. The summed E-state index contributed by atoms with van der Waals surface area (Å²) in [4.78, 5) is 23.9. The molecule has 6 heteroatoms. The van der Waals surface area contributed by atoms with Gasteiger partial charge in [-0.25, -0.2) is 4.39 Å². The maximum absolute atomic E-state index is 13.4. The van der Waals surface area contributed by atoms with Crippen LogP contribution in [0.1, 0.15) is 50.6 Å². The van der Waals surface area contributed by atoms with Crippen molar-refractivity contribution in [3.63, 3.8) is 0 Å². The Morgan fingerprint density at radius 1 is 1.33 bits per heavy atom. The van der Waals surface area contributed by atoms with E-state index in [-0.39, 0.29) is 36.0 Å². The lowest BCUT2D eigenvalue weighted by atomic mass is 10.1. The fourth-order valence-electron chi connectivity index (χ4n) is 3.07. The van der Waals surface area contributed by atoms with E-state index in [0.717, 1.165) is 25.7 Å². The number of nitrogens with one attached hydrogen (secondary N) is 2. The maximum Gasteiger partial charge on any atom is 0.223 e. The second-order valence-electron chi connectivity index (χ2n) is 6.20. The van der Waals surface area contributed by atoms with Crippen LogP contribution in [0.4, 0.5) is 4.39 Å². The lowest BCUT2D eigenvalue weighted by Gasteiger charge is -2.17. The van der Waals surface area contributed by atoms with Crippen molar-refractivity contribution < 1.29 is 18.7 Å². The van der Waals surface area contributed by atoms with E-state index in [0.29, 0.717) is 17.9 Å². The standard InChI is InChI=1S/C18H25FN2O3/c1-12(15-11-14(19)7-8-16(15)24-2)21-17(22)9-10-20-18(23)13-5-3-4-6-13/h7-8,11-13H,3-6,9-10H2,1-2H3,(H,20,23)(H,21,22)/t12-/m0/s1. The summed E-state index contributed by atoms with van der Waals surface area (Å²) in [6, 6.07) is 3.82. The average Bonchev–Trinajstić information content (AvgIpc) is 3.09. The zero-order valence-electron chi connectivity index (χ0n) is 14.2. The zero-order valence-corrected chi connectivity index (χ0v) is 14.2. The number of ether oxygens (including phenoxy) is 1. The smallest absolute Gasteiger partial charge is 0.223 e. The molecule has 1 aromatic carbocycles. The van der Waals surface area contributed by atoms with Crippen LogP contribution in [0.15, 0.2) is 18.2 Å². The van der Waals surface area contributed by atoms with Crippen molar-refractivity contribution in [2.24, 2.45) is 5.92 Å². The van der Waals surface area contributed by atoms with Gasteiger partial charge in [-0.2, -0.15) is 0 Å².